The molecule has 0 radical (unpaired) electrons. The number of esters is 1. The number of aryl methyl sites for hydroxylation is 2. The summed E-state index contributed by atoms with van der Waals surface area (Å²) in [4.78, 5) is 16.2. The van der Waals surface area contributed by atoms with Crippen LogP contribution in [0.3, 0.4) is 0 Å². The highest BCUT2D eigenvalue weighted by atomic mass is 16.5. The zero-order valence-electron chi connectivity index (χ0n) is 19.6. The monoisotopic (exact) mass is 435 g/mol. The van der Waals surface area contributed by atoms with Gasteiger partial charge in [-0.15, -0.1) is 0 Å². The van der Waals surface area contributed by atoms with Gasteiger partial charge in [-0.25, -0.2) is 4.52 Å². The van der Waals surface area contributed by atoms with E-state index in [2.05, 4.69) is 43.6 Å². The normalized spacial score (nSPS) is 11.0. The first kappa shape index (κ1) is 23.5. The smallest absolute Gasteiger partial charge is 0.305 e. The number of hydrogen-bond donors (Lipinski definition) is 0. The highest BCUT2D eigenvalue weighted by Crippen LogP contribution is 2.33. The van der Waals surface area contributed by atoms with Crippen molar-refractivity contribution < 1.29 is 14.3 Å². The van der Waals surface area contributed by atoms with Gasteiger partial charge in [0.15, 0.2) is 0 Å². The number of nitrogens with zero attached hydrogens (tertiary/aromatic N) is 3. The number of unbranched alkanes of at least 4 members (excludes halogenated alkanes) is 1. The highest BCUT2D eigenvalue weighted by Gasteiger charge is 2.18. The molecule has 0 aliphatic heterocycles. The second-order valence-corrected chi connectivity index (χ2v) is 7.74. The highest BCUT2D eigenvalue weighted by molar-refractivity contribution is 5.84. The van der Waals surface area contributed by atoms with E-state index in [1.807, 2.05) is 24.6 Å². The summed E-state index contributed by atoms with van der Waals surface area (Å²) < 4.78 is 12.7. The number of carbonyl (C=O) groups excluding carboxylic acids is 1. The number of aromatic nitrogens is 3. The Kier molecular flexibility index (Phi) is 8.03. The first-order chi connectivity index (χ1) is 15.5. The predicted molar refractivity (Wildman–Crippen MR) is 127 cm³/mol. The Bertz CT molecular complexity index is 1100. The molecule has 0 aromatic carbocycles. The molecule has 170 valence electrons. The van der Waals surface area contributed by atoms with Crippen molar-refractivity contribution in [1.29, 1.82) is 0 Å². The first-order valence-electron chi connectivity index (χ1n) is 11.4. The molecule has 0 saturated carbocycles. The van der Waals surface area contributed by atoms with Crippen molar-refractivity contribution in [3.63, 3.8) is 0 Å². The van der Waals surface area contributed by atoms with Crippen molar-refractivity contribution in [2.75, 3.05) is 13.2 Å². The molecule has 0 bridgehead atoms. The lowest BCUT2D eigenvalue weighted by Crippen LogP contribution is -2.07. The largest absolute Gasteiger partial charge is 0.494 e. The van der Waals surface area contributed by atoms with Gasteiger partial charge in [0.1, 0.15) is 5.76 Å². The fourth-order valence-electron chi connectivity index (χ4n) is 4.01. The van der Waals surface area contributed by atoms with Crippen LogP contribution in [0.25, 0.3) is 22.4 Å². The van der Waals surface area contributed by atoms with Gasteiger partial charge in [-0.05, 0) is 70.2 Å². The number of fused-ring (bicyclic) bond motifs is 1. The first-order valence-corrected chi connectivity index (χ1v) is 11.4. The van der Waals surface area contributed by atoms with Crippen molar-refractivity contribution in [1.82, 2.24) is 14.6 Å². The number of pyridine rings is 1. The molecule has 0 unspecified atom stereocenters. The quantitative estimate of drug-likeness (QED) is 0.224. The maximum absolute atomic E-state index is 11.7. The molecule has 3 aromatic rings. The summed E-state index contributed by atoms with van der Waals surface area (Å²) in [5.41, 5.74) is 7.42. The topological polar surface area (TPSA) is 65.7 Å². The maximum Gasteiger partial charge on any atom is 0.305 e. The summed E-state index contributed by atoms with van der Waals surface area (Å²) in [6.07, 6.45) is 7.49. The molecule has 0 N–H and O–H groups in total. The van der Waals surface area contributed by atoms with Gasteiger partial charge in [0.2, 0.25) is 0 Å². The second kappa shape index (κ2) is 10.9. The molecule has 0 atom stereocenters. The average Bonchev–Trinajstić information content (AvgIpc) is 3.19. The van der Waals surface area contributed by atoms with Crippen LogP contribution in [0, 0.1) is 6.92 Å². The van der Waals surface area contributed by atoms with Crippen molar-refractivity contribution in [2.24, 2.45) is 0 Å². The van der Waals surface area contributed by atoms with Crippen LogP contribution in [0.4, 0.5) is 0 Å². The van der Waals surface area contributed by atoms with Gasteiger partial charge in [0, 0.05) is 41.2 Å². The van der Waals surface area contributed by atoms with Crippen LogP contribution in [-0.4, -0.2) is 33.8 Å². The van der Waals surface area contributed by atoms with Crippen LogP contribution in [0.1, 0.15) is 62.5 Å². The minimum atomic E-state index is -0.136. The average molecular weight is 436 g/mol. The van der Waals surface area contributed by atoms with E-state index in [1.165, 1.54) is 11.3 Å². The Morgan fingerprint density at radius 3 is 2.59 bits per heavy atom. The van der Waals surface area contributed by atoms with Gasteiger partial charge in [-0.3, -0.25) is 9.78 Å². The van der Waals surface area contributed by atoms with Crippen LogP contribution < -0.4 is 0 Å². The Morgan fingerprint density at radius 1 is 1.09 bits per heavy atom. The van der Waals surface area contributed by atoms with E-state index in [0.29, 0.717) is 25.4 Å². The summed E-state index contributed by atoms with van der Waals surface area (Å²) >= 11 is 0. The Morgan fingerprint density at radius 2 is 1.88 bits per heavy atom. The van der Waals surface area contributed by atoms with E-state index < -0.39 is 0 Å². The van der Waals surface area contributed by atoms with Gasteiger partial charge >= 0.3 is 5.97 Å². The van der Waals surface area contributed by atoms with Crippen LogP contribution in [0.2, 0.25) is 0 Å². The van der Waals surface area contributed by atoms with Crippen LogP contribution in [-0.2, 0) is 27.1 Å². The minimum absolute atomic E-state index is 0.136. The molecule has 32 heavy (non-hydrogen) atoms. The fraction of sp³-hybridized carbons (Fsp3) is 0.423. The lowest BCUT2D eigenvalue weighted by molar-refractivity contribution is -0.143. The van der Waals surface area contributed by atoms with E-state index in [4.69, 9.17) is 14.6 Å². The van der Waals surface area contributed by atoms with Gasteiger partial charge in [0.05, 0.1) is 24.4 Å². The van der Waals surface area contributed by atoms with Crippen molar-refractivity contribution in [3.05, 3.63) is 59.7 Å². The molecule has 3 heterocycles. The van der Waals surface area contributed by atoms with Crippen molar-refractivity contribution in [2.45, 2.75) is 59.8 Å². The Labute approximate surface area is 190 Å². The van der Waals surface area contributed by atoms with Gasteiger partial charge in [-0.1, -0.05) is 13.5 Å². The van der Waals surface area contributed by atoms with Gasteiger partial charge in [0.25, 0.3) is 0 Å². The Hall–Kier alpha value is -3.15. The lowest BCUT2D eigenvalue weighted by Gasteiger charge is -2.16. The molecule has 6 nitrogen and oxygen atoms in total. The summed E-state index contributed by atoms with van der Waals surface area (Å²) in [5, 5.41) is 4.89. The molecule has 3 rings (SSSR count). The van der Waals surface area contributed by atoms with E-state index in [0.717, 1.165) is 53.6 Å². The van der Waals surface area contributed by atoms with E-state index in [1.54, 1.807) is 6.20 Å². The fourth-order valence-corrected chi connectivity index (χ4v) is 4.01. The van der Waals surface area contributed by atoms with E-state index in [-0.39, 0.29) is 5.97 Å². The predicted octanol–water partition coefficient (Wildman–Crippen LogP) is 5.55. The molecular weight excluding hydrogens is 402 g/mol. The zero-order chi connectivity index (χ0) is 23.1. The number of carbonyl (C=O) groups is 1. The SMILES string of the molecule is C=C(OCC)c1cncc(-c2c(CCCCC(=O)OCC)c(C)nn3c(CC)ccc23)c1. The number of hydrogen-bond acceptors (Lipinski definition) is 5. The Balaban J connectivity index is 2.01. The number of ether oxygens (including phenoxy) is 2. The van der Waals surface area contributed by atoms with Crippen LogP contribution in [0.15, 0.2) is 37.2 Å². The van der Waals surface area contributed by atoms with Gasteiger partial charge < -0.3 is 9.47 Å². The third-order valence-corrected chi connectivity index (χ3v) is 5.57. The molecular formula is C26H33N3O3. The number of rotatable bonds is 11. The van der Waals surface area contributed by atoms with Gasteiger partial charge in [-0.2, -0.15) is 5.10 Å². The summed E-state index contributed by atoms with van der Waals surface area (Å²) in [6.45, 7) is 13.0. The second-order valence-electron chi connectivity index (χ2n) is 7.74. The molecule has 0 spiro atoms. The standard InChI is InChI=1S/C26H33N3O3/c1-6-22-13-14-24-26(21-15-20(16-27-17-21)19(5)31-7-2)23(18(4)28-29(22)24)11-9-10-12-25(30)32-8-3/h13-17H,5-12H2,1-4H3. The third kappa shape index (κ3) is 5.18. The summed E-state index contributed by atoms with van der Waals surface area (Å²) in [6, 6.07) is 6.35. The van der Waals surface area contributed by atoms with Crippen molar-refractivity contribution in [3.8, 4) is 11.1 Å². The molecule has 6 heteroatoms. The van der Waals surface area contributed by atoms with Crippen LogP contribution in [0.5, 0.6) is 0 Å². The lowest BCUT2D eigenvalue weighted by atomic mass is 9.95. The molecule has 0 aliphatic rings. The molecule has 3 aromatic heterocycles. The van der Waals surface area contributed by atoms with Crippen LogP contribution >= 0.6 is 0 Å². The minimum Gasteiger partial charge on any atom is -0.494 e. The molecule has 0 amide bonds. The summed E-state index contributed by atoms with van der Waals surface area (Å²) in [7, 11) is 0. The summed E-state index contributed by atoms with van der Waals surface area (Å²) in [5.74, 6) is 0.479. The van der Waals surface area contributed by atoms with E-state index in [9.17, 15) is 4.79 Å². The zero-order valence-corrected chi connectivity index (χ0v) is 19.6. The molecule has 0 saturated heterocycles. The third-order valence-electron chi connectivity index (χ3n) is 5.57. The molecule has 0 fully saturated rings. The maximum atomic E-state index is 11.7. The van der Waals surface area contributed by atoms with Crippen molar-refractivity contribution >= 4 is 17.2 Å². The van der Waals surface area contributed by atoms with E-state index >= 15 is 0 Å². The molecule has 0 aliphatic carbocycles.